The highest BCUT2D eigenvalue weighted by Crippen LogP contribution is 2.20. The number of nitrogens with one attached hydrogen (secondary N) is 1. The van der Waals surface area contributed by atoms with Crippen LogP contribution in [0, 0.1) is 5.82 Å². The molecule has 0 aromatic heterocycles. The van der Waals surface area contributed by atoms with E-state index in [4.69, 9.17) is 5.11 Å². The van der Waals surface area contributed by atoms with Crippen molar-refractivity contribution in [1.82, 2.24) is 5.32 Å². The third-order valence-corrected chi connectivity index (χ3v) is 3.01. The topological polar surface area (TPSA) is 52.6 Å². The number of piperidine rings is 1. The van der Waals surface area contributed by atoms with Crippen LogP contribution in [0.4, 0.5) is 14.9 Å². The van der Waals surface area contributed by atoms with E-state index in [-0.39, 0.29) is 11.9 Å². The van der Waals surface area contributed by atoms with Crippen molar-refractivity contribution in [2.45, 2.75) is 18.9 Å². The van der Waals surface area contributed by atoms with Crippen LogP contribution >= 0.6 is 0 Å². The third-order valence-electron chi connectivity index (χ3n) is 3.01. The number of carboxylic acid groups (broad SMARTS) is 1. The maximum atomic E-state index is 12.8. The van der Waals surface area contributed by atoms with Crippen molar-refractivity contribution in [3.63, 3.8) is 0 Å². The van der Waals surface area contributed by atoms with Crippen molar-refractivity contribution in [1.29, 1.82) is 0 Å². The van der Waals surface area contributed by atoms with Gasteiger partial charge in [-0.15, -0.1) is 0 Å². The number of anilines is 1. The lowest BCUT2D eigenvalue weighted by Crippen LogP contribution is -2.44. The summed E-state index contributed by atoms with van der Waals surface area (Å²) in [6.07, 6.45) is 0.595. The molecule has 1 saturated heterocycles. The second-order valence-electron chi connectivity index (χ2n) is 4.19. The number of benzene rings is 1. The van der Waals surface area contributed by atoms with E-state index in [1.54, 1.807) is 12.1 Å². The van der Waals surface area contributed by atoms with Gasteiger partial charge in [-0.05, 0) is 37.1 Å². The molecule has 17 heavy (non-hydrogen) atoms. The second kappa shape index (κ2) is 5.03. The fourth-order valence-corrected chi connectivity index (χ4v) is 2.11. The standard InChI is InChI=1S/C12H15FN2O2/c13-9-1-3-11(4-2-9)15-7-5-10(6-8-15)14-12(16)17/h1-4,10,14H,5-8H2,(H,16,17). The highest BCUT2D eigenvalue weighted by Gasteiger charge is 2.20. The van der Waals surface area contributed by atoms with E-state index in [1.807, 2.05) is 0 Å². The van der Waals surface area contributed by atoms with Crippen molar-refractivity contribution in [3.05, 3.63) is 30.1 Å². The average Bonchev–Trinajstić information content (AvgIpc) is 2.30. The summed E-state index contributed by atoms with van der Waals surface area (Å²) in [6.45, 7) is 1.58. The van der Waals surface area contributed by atoms with Crippen LogP contribution < -0.4 is 10.2 Å². The first-order valence-corrected chi connectivity index (χ1v) is 5.65. The molecule has 2 N–H and O–H groups in total. The van der Waals surface area contributed by atoms with E-state index in [0.29, 0.717) is 0 Å². The lowest BCUT2D eigenvalue weighted by atomic mass is 10.0. The first-order chi connectivity index (χ1) is 8.15. The van der Waals surface area contributed by atoms with E-state index in [9.17, 15) is 9.18 Å². The fourth-order valence-electron chi connectivity index (χ4n) is 2.11. The molecule has 5 heteroatoms. The summed E-state index contributed by atoms with van der Waals surface area (Å²) in [5.41, 5.74) is 0.986. The van der Waals surface area contributed by atoms with Gasteiger partial charge in [0.05, 0.1) is 0 Å². The van der Waals surface area contributed by atoms with Crippen LogP contribution in [0.5, 0.6) is 0 Å². The molecule has 0 aliphatic carbocycles. The molecule has 1 amide bonds. The zero-order valence-electron chi connectivity index (χ0n) is 9.40. The van der Waals surface area contributed by atoms with Crippen LogP contribution in [0.1, 0.15) is 12.8 Å². The maximum absolute atomic E-state index is 12.8. The Bertz CT molecular complexity index is 386. The van der Waals surface area contributed by atoms with Crippen LogP contribution in [0.25, 0.3) is 0 Å². The van der Waals surface area contributed by atoms with Gasteiger partial charge in [0.1, 0.15) is 5.82 Å². The highest BCUT2D eigenvalue weighted by atomic mass is 19.1. The molecule has 0 saturated carbocycles. The minimum Gasteiger partial charge on any atom is -0.465 e. The zero-order chi connectivity index (χ0) is 12.3. The van der Waals surface area contributed by atoms with Crippen molar-refractivity contribution < 1.29 is 14.3 Å². The molecular formula is C12H15FN2O2. The highest BCUT2D eigenvalue weighted by molar-refractivity contribution is 5.64. The number of nitrogens with zero attached hydrogens (tertiary/aromatic N) is 1. The van der Waals surface area contributed by atoms with Gasteiger partial charge in [0.2, 0.25) is 0 Å². The van der Waals surface area contributed by atoms with E-state index in [1.165, 1.54) is 12.1 Å². The molecule has 0 spiro atoms. The predicted octanol–water partition coefficient (Wildman–Crippen LogP) is 2.06. The third kappa shape index (κ3) is 3.09. The summed E-state index contributed by atoms with van der Waals surface area (Å²) in [6, 6.07) is 6.42. The zero-order valence-corrected chi connectivity index (χ0v) is 9.40. The summed E-state index contributed by atoms with van der Waals surface area (Å²) in [5, 5.41) is 11.1. The molecule has 1 aromatic carbocycles. The largest absolute Gasteiger partial charge is 0.465 e. The van der Waals surface area contributed by atoms with Crippen LogP contribution in [-0.4, -0.2) is 30.3 Å². The smallest absolute Gasteiger partial charge is 0.404 e. The van der Waals surface area contributed by atoms with Gasteiger partial charge in [0.25, 0.3) is 0 Å². The summed E-state index contributed by atoms with van der Waals surface area (Å²) in [5.74, 6) is -0.240. The van der Waals surface area contributed by atoms with Crippen LogP contribution in [0.2, 0.25) is 0 Å². The van der Waals surface area contributed by atoms with Crippen molar-refractivity contribution in [3.8, 4) is 0 Å². The molecule has 1 fully saturated rings. The minimum absolute atomic E-state index is 0.0317. The van der Waals surface area contributed by atoms with Gasteiger partial charge in [0, 0.05) is 24.8 Å². The van der Waals surface area contributed by atoms with Crippen molar-refractivity contribution in [2.75, 3.05) is 18.0 Å². The molecule has 4 nitrogen and oxygen atoms in total. The monoisotopic (exact) mass is 238 g/mol. The number of amides is 1. The number of carbonyl (C=O) groups is 1. The van der Waals surface area contributed by atoms with Gasteiger partial charge in [-0.3, -0.25) is 0 Å². The Balaban J connectivity index is 1.90. The fraction of sp³-hybridized carbons (Fsp3) is 0.417. The Kier molecular flexibility index (Phi) is 3.46. The summed E-state index contributed by atoms with van der Waals surface area (Å²) in [7, 11) is 0. The molecule has 1 aliphatic rings. The molecular weight excluding hydrogens is 223 g/mol. The van der Waals surface area contributed by atoms with Gasteiger partial charge in [0.15, 0.2) is 0 Å². The SMILES string of the molecule is O=C(O)NC1CCN(c2ccc(F)cc2)CC1. The molecule has 0 atom stereocenters. The maximum Gasteiger partial charge on any atom is 0.404 e. The Morgan fingerprint density at radius 3 is 2.41 bits per heavy atom. The predicted molar refractivity (Wildman–Crippen MR) is 62.8 cm³/mol. The average molecular weight is 238 g/mol. The minimum atomic E-state index is -0.967. The van der Waals surface area contributed by atoms with Crippen LogP contribution in [0.15, 0.2) is 24.3 Å². The van der Waals surface area contributed by atoms with Gasteiger partial charge >= 0.3 is 6.09 Å². The molecule has 92 valence electrons. The molecule has 0 radical (unpaired) electrons. The number of rotatable bonds is 2. The Morgan fingerprint density at radius 2 is 1.88 bits per heavy atom. The lowest BCUT2D eigenvalue weighted by Gasteiger charge is -2.33. The van der Waals surface area contributed by atoms with E-state index >= 15 is 0 Å². The van der Waals surface area contributed by atoms with Gasteiger partial charge in [-0.1, -0.05) is 0 Å². The molecule has 0 bridgehead atoms. The first-order valence-electron chi connectivity index (χ1n) is 5.65. The van der Waals surface area contributed by atoms with Gasteiger partial charge in [-0.25, -0.2) is 9.18 Å². The van der Waals surface area contributed by atoms with Crippen molar-refractivity contribution >= 4 is 11.8 Å². The molecule has 1 aliphatic heterocycles. The molecule has 0 unspecified atom stereocenters. The molecule has 1 heterocycles. The summed E-state index contributed by atoms with van der Waals surface area (Å²) >= 11 is 0. The van der Waals surface area contributed by atoms with E-state index in [0.717, 1.165) is 31.6 Å². The molecule has 2 rings (SSSR count). The van der Waals surface area contributed by atoms with Crippen LogP contribution in [-0.2, 0) is 0 Å². The van der Waals surface area contributed by atoms with Crippen molar-refractivity contribution in [2.24, 2.45) is 0 Å². The Morgan fingerprint density at radius 1 is 1.29 bits per heavy atom. The number of halogens is 1. The lowest BCUT2D eigenvalue weighted by molar-refractivity contribution is 0.187. The normalized spacial score (nSPS) is 16.9. The number of hydrogen-bond donors (Lipinski definition) is 2. The molecule has 1 aromatic rings. The van der Waals surface area contributed by atoms with Crippen LogP contribution in [0.3, 0.4) is 0 Å². The van der Waals surface area contributed by atoms with Gasteiger partial charge in [-0.2, -0.15) is 0 Å². The first kappa shape index (κ1) is 11.7. The van der Waals surface area contributed by atoms with E-state index in [2.05, 4.69) is 10.2 Å². The quantitative estimate of drug-likeness (QED) is 0.829. The summed E-state index contributed by atoms with van der Waals surface area (Å²) < 4.78 is 12.8. The van der Waals surface area contributed by atoms with Gasteiger partial charge < -0.3 is 15.3 Å². The number of hydrogen-bond acceptors (Lipinski definition) is 2. The van der Waals surface area contributed by atoms with E-state index < -0.39 is 6.09 Å². The Labute approximate surface area is 99.0 Å². The second-order valence-corrected chi connectivity index (χ2v) is 4.19. The Hall–Kier alpha value is -1.78. The summed E-state index contributed by atoms with van der Waals surface area (Å²) in [4.78, 5) is 12.6.